The third-order valence-electron chi connectivity index (χ3n) is 2.96. The topological polar surface area (TPSA) is 89.7 Å². The second kappa shape index (κ2) is 6.04. The summed E-state index contributed by atoms with van der Waals surface area (Å²) in [6.07, 6.45) is 0.883. The smallest absolute Gasteiger partial charge is 0.335 e. The molecular weight excluding hydrogens is 274 g/mol. The minimum absolute atomic E-state index is 0.00856. The third kappa shape index (κ3) is 3.36. The van der Waals surface area contributed by atoms with Crippen LogP contribution in [0.2, 0.25) is 0 Å². The van der Waals surface area contributed by atoms with Gasteiger partial charge in [-0.25, -0.2) is 4.79 Å². The van der Waals surface area contributed by atoms with Crippen molar-refractivity contribution < 1.29 is 19.6 Å². The summed E-state index contributed by atoms with van der Waals surface area (Å²) >= 11 is 0. The summed E-state index contributed by atoms with van der Waals surface area (Å²) in [4.78, 5) is 21.2. The molecule has 0 fully saturated rings. The number of benzene rings is 2. The molecule has 0 unspecified atom stereocenters. The number of carboxylic acids is 1. The maximum absolute atomic E-state index is 11.0. The predicted octanol–water partition coefficient (Wildman–Crippen LogP) is 3.65. The van der Waals surface area contributed by atoms with Gasteiger partial charge in [0.05, 0.1) is 10.5 Å². The Hall–Kier alpha value is -2.89. The molecule has 0 radical (unpaired) electrons. The largest absolute Gasteiger partial charge is 0.478 e. The van der Waals surface area contributed by atoms with E-state index in [9.17, 15) is 14.9 Å². The normalized spacial score (nSPS) is 10.1. The van der Waals surface area contributed by atoms with Gasteiger partial charge in [0, 0.05) is 6.07 Å². The minimum atomic E-state index is -1.23. The second-order valence-electron chi connectivity index (χ2n) is 4.34. The maximum Gasteiger partial charge on any atom is 0.335 e. The van der Waals surface area contributed by atoms with E-state index in [2.05, 4.69) is 0 Å². The Kier molecular flexibility index (Phi) is 4.18. The molecule has 0 spiro atoms. The highest BCUT2D eigenvalue weighted by Gasteiger charge is 2.19. The lowest BCUT2D eigenvalue weighted by Crippen LogP contribution is -2.00. The number of nitrogens with zero attached hydrogens (tertiary/aromatic N) is 1. The van der Waals surface area contributed by atoms with Gasteiger partial charge < -0.3 is 9.84 Å². The van der Waals surface area contributed by atoms with Gasteiger partial charge in [-0.05, 0) is 36.2 Å². The van der Waals surface area contributed by atoms with Crippen LogP contribution in [0.4, 0.5) is 5.69 Å². The highest BCUT2D eigenvalue weighted by atomic mass is 16.6. The molecular formula is C15H13NO5. The van der Waals surface area contributed by atoms with Gasteiger partial charge in [0.15, 0.2) is 0 Å². The molecule has 6 nitrogen and oxygen atoms in total. The summed E-state index contributed by atoms with van der Waals surface area (Å²) in [5.74, 6) is -0.760. The molecule has 2 aromatic rings. The number of aromatic carboxylic acids is 1. The summed E-state index contributed by atoms with van der Waals surface area (Å²) in [5.41, 5.74) is 0.586. The van der Waals surface area contributed by atoms with Gasteiger partial charge in [0.1, 0.15) is 5.75 Å². The average molecular weight is 287 g/mol. The van der Waals surface area contributed by atoms with Crippen molar-refractivity contribution in [3.63, 3.8) is 0 Å². The molecule has 0 saturated heterocycles. The number of ether oxygens (including phenoxy) is 1. The highest BCUT2D eigenvalue weighted by Crippen LogP contribution is 2.32. The summed E-state index contributed by atoms with van der Waals surface area (Å²) in [6, 6.07) is 10.7. The molecule has 0 aliphatic carbocycles. The first-order chi connectivity index (χ1) is 10.0. The summed E-state index contributed by atoms with van der Waals surface area (Å²) in [6.45, 7) is 2.02. The Labute approximate surface area is 120 Å². The van der Waals surface area contributed by atoms with Crippen molar-refractivity contribution in [3.8, 4) is 11.5 Å². The van der Waals surface area contributed by atoms with E-state index in [1.807, 2.05) is 19.1 Å². The minimum Gasteiger partial charge on any atom is -0.478 e. The molecule has 0 bridgehead atoms. The predicted molar refractivity (Wildman–Crippen MR) is 75.9 cm³/mol. The Balaban J connectivity index is 2.34. The van der Waals surface area contributed by atoms with E-state index in [1.165, 1.54) is 12.1 Å². The number of hydrogen-bond donors (Lipinski definition) is 1. The van der Waals surface area contributed by atoms with Crippen LogP contribution in [0.1, 0.15) is 22.8 Å². The standard InChI is InChI=1S/C15H13NO5/c1-2-10-3-6-12(7-4-10)21-14-8-5-11(15(17)18)9-13(14)16(19)20/h3-9H,2H2,1H3,(H,17,18). The van der Waals surface area contributed by atoms with Crippen LogP contribution in [-0.2, 0) is 6.42 Å². The Morgan fingerprint density at radius 3 is 2.43 bits per heavy atom. The molecule has 6 heteroatoms. The third-order valence-corrected chi connectivity index (χ3v) is 2.96. The van der Waals surface area contributed by atoms with Crippen LogP contribution in [0.25, 0.3) is 0 Å². The Morgan fingerprint density at radius 2 is 1.90 bits per heavy atom. The van der Waals surface area contributed by atoms with Crippen molar-refractivity contribution in [2.75, 3.05) is 0 Å². The first-order valence-corrected chi connectivity index (χ1v) is 6.29. The molecule has 0 aliphatic rings. The van der Waals surface area contributed by atoms with E-state index in [0.29, 0.717) is 5.75 Å². The van der Waals surface area contributed by atoms with E-state index >= 15 is 0 Å². The first-order valence-electron chi connectivity index (χ1n) is 6.29. The molecule has 0 amide bonds. The van der Waals surface area contributed by atoms with Crippen molar-refractivity contribution >= 4 is 11.7 Å². The SMILES string of the molecule is CCc1ccc(Oc2ccc(C(=O)O)cc2[N+](=O)[O-])cc1. The number of carbonyl (C=O) groups is 1. The molecule has 2 aromatic carbocycles. The summed E-state index contributed by atoms with van der Waals surface area (Å²) in [5, 5.41) is 19.9. The van der Waals surface area contributed by atoms with Crippen LogP contribution in [-0.4, -0.2) is 16.0 Å². The summed E-state index contributed by atoms with van der Waals surface area (Å²) in [7, 11) is 0. The summed E-state index contributed by atoms with van der Waals surface area (Å²) < 4.78 is 5.47. The van der Waals surface area contributed by atoms with Gasteiger partial charge in [-0.3, -0.25) is 10.1 Å². The lowest BCUT2D eigenvalue weighted by Gasteiger charge is -2.07. The van der Waals surface area contributed by atoms with Crippen molar-refractivity contribution in [2.24, 2.45) is 0 Å². The van der Waals surface area contributed by atoms with E-state index in [1.54, 1.807) is 12.1 Å². The Bertz CT molecular complexity index is 679. The van der Waals surface area contributed by atoms with Gasteiger partial charge in [-0.15, -0.1) is 0 Å². The fraction of sp³-hybridized carbons (Fsp3) is 0.133. The van der Waals surface area contributed by atoms with E-state index in [4.69, 9.17) is 9.84 Å². The zero-order valence-corrected chi connectivity index (χ0v) is 11.3. The quantitative estimate of drug-likeness (QED) is 0.669. The zero-order chi connectivity index (χ0) is 15.4. The van der Waals surface area contributed by atoms with E-state index < -0.39 is 10.9 Å². The molecule has 108 valence electrons. The first kappa shape index (κ1) is 14.5. The molecule has 21 heavy (non-hydrogen) atoms. The van der Waals surface area contributed by atoms with Crippen LogP contribution in [0.5, 0.6) is 11.5 Å². The molecule has 0 atom stereocenters. The zero-order valence-electron chi connectivity index (χ0n) is 11.3. The van der Waals surface area contributed by atoms with Crippen molar-refractivity contribution in [3.05, 3.63) is 63.7 Å². The number of carboxylic acid groups (broad SMARTS) is 1. The highest BCUT2D eigenvalue weighted by molar-refractivity contribution is 5.88. The molecule has 0 aliphatic heterocycles. The fourth-order valence-corrected chi connectivity index (χ4v) is 1.80. The lowest BCUT2D eigenvalue weighted by atomic mass is 10.1. The number of nitro groups is 1. The van der Waals surface area contributed by atoms with Gasteiger partial charge in [-0.2, -0.15) is 0 Å². The lowest BCUT2D eigenvalue weighted by molar-refractivity contribution is -0.385. The average Bonchev–Trinajstić information content (AvgIpc) is 2.48. The molecule has 2 rings (SSSR count). The van der Waals surface area contributed by atoms with Crippen LogP contribution in [0, 0.1) is 10.1 Å². The second-order valence-corrected chi connectivity index (χ2v) is 4.34. The van der Waals surface area contributed by atoms with Crippen molar-refractivity contribution in [1.82, 2.24) is 0 Å². The monoisotopic (exact) mass is 287 g/mol. The van der Waals surface area contributed by atoms with Gasteiger partial charge in [0.2, 0.25) is 5.75 Å². The van der Waals surface area contributed by atoms with E-state index in [-0.39, 0.29) is 17.0 Å². The fourth-order valence-electron chi connectivity index (χ4n) is 1.80. The number of hydrogen-bond acceptors (Lipinski definition) is 4. The number of nitro benzene ring substituents is 1. The van der Waals surface area contributed by atoms with E-state index in [0.717, 1.165) is 18.1 Å². The molecule has 0 saturated carbocycles. The Morgan fingerprint density at radius 1 is 1.24 bits per heavy atom. The van der Waals surface area contributed by atoms with Crippen LogP contribution >= 0.6 is 0 Å². The molecule has 0 aromatic heterocycles. The van der Waals surface area contributed by atoms with Crippen molar-refractivity contribution in [1.29, 1.82) is 0 Å². The van der Waals surface area contributed by atoms with Crippen LogP contribution in [0.15, 0.2) is 42.5 Å². The van der Waals surface area contributed by atoms with Crippen LogP contribution in [0.3, 0.4) is 0 Å². The molecule has 0 heterocycles. The van der Waals surface area contributed by atoms with Gasteiger partial charge in [0.25, 0.3) is 0 Å². The van der Waals surface area contributed by atoms with Gasteiger partial charge >= 0.3 is 11.7 Å². The number of rotatable bonds is 5. The van der Waals surface area contributed by atoms with Gasteiger partial charge in [-0.1, -0.05) is 19.1 Å². The molecule has 1 N–H and O–H groups in total. The van der Waals surface area contributed by atoms with Crippen LogP contribution < -0.4 is 4.74 Å². The van der Waals surface area contributed by atoms with Crippen molar-refractivity contribution in [2.45, 2.75) is 13.3 Å². The maximum atomic E-state index is 11.0. The number of aryl methyl sites for hydroxylation is 1.